The van der Waals surface area contributed by atoms with Crippen molar-refractivity contribution in [2.75, 3.05) is 0 Å². The Kier molecular flexibility index (Phi) is 3.56. The predicted octanol–water partition coefficient (Wildman–Crippen LogP) is 4.03. The molecule has 1 heterocycles. The molecular weight excluding hydrogens is 282 g/mol. The summed E-state index contributed by atoms with van der Waals surface area (Å²) in [6, 6.07) is 9.47. The maximum absolute atomic E-state index is 4.10. The van der Waals surface area contributed by atoms with Gasteiger partial charge < -0.3 is 9.88 Å². The first kappa shape index (κ1) is 14.9. The molecule has 1 aromatic carbocycles. The second-order valence-electron chi connectivity index (χ2n) is 8.08. The Morgan fingerprint density at radius 1 is 1.22 bits per heavy atom. The van der Waals surface area contributed by atoms with Crippen LogP contribution in [0.1, 0.15) is 39.2 Å². The molecule has 0 amide bonds. The summed E-state index contributed by atoms with van der Waals surface area (Å²) in [6.45, 7) is 8.35. The number of aromatic nitrogens is 2. The Morgan fingerprint density at radius 3 is 2.61 bits per heavy atom. The number of rotatable bonds is 4. The summed E-state index contributed by atoms with van der Waals surface area (Å²) in [4.78, 5) is 4.10. The van der Waals surface area contributed by atoms with Crippen LogP contribution < -0.4 is 5.32 Å². The lowest BCUT2D eigenvalue weighted by Crippen LogP contribution is -2.59. The zero-order chi connectivity index (χ0) is 16.0. The highest BCUT2D eigenvalue weighted by molar-refractivity contribution is 5.34. The molecule has 0 unspecified atom stereocenters. The normalized spacial score (nSPS) is 31.6. The lowest BCUT2D eigenvalue weighted by atomic mass is 9.45. The summed E-state index contributed by atoms with van der Waals surface area (Å²) in [5, 5.41) is 3.82. The summed E-state index contributed by atoms with van der Waals surface area (Å²) >= 11 is 0. The number of hydrogen-bond acceptors (Lipinski definition) is 2. The van der Waals surface area contributed by atoms with E-state index in [1.54, 1.807) is 0 Å². The van der Waals surface area contributed by atoms with E-state index in [-0.39, 0.29) is 0 Å². The molecule has 0 radical (unpaired) electrons. The lowest BCUT2D eigenvalue weighted by molar-refractivity contribution is -0.115. The van der Waals surface area contributed by atoms with Gasteiger partial charge in [0, 0.05) is 30.7 Å². The maximum atomic E-state index is 4.10. The average Bonchev–Trinajstić information content (AvgIpc) is 3.08. The fourth-order valence-corrected chi connectivity index (χ4v) is 4.87. The molecule has 0 spiro atoms. The monoisotopic (exact) mass is 309 g/mol. The molecule has 122 valence electrons. The number of hydrogen-bond donors (Lipinski definition) is 1. The smallest absolute Gasteiger partial charge is 0.0991 e. The number of nitrogens with one attached hydrogen (secondary N) is 1. The molecule has 3 heteroatoms. The van der Waals surface area contributed by atoms with E-state index in [0.29, 0.717) is 11.5 Å². The van der Waals surface area contributed by atoms with Crippen molar-refractivity contribution in [2.24, 2.45) is 23.2 Å². The standard InChI is InChI=1S/C20H27N3/c1-14-18-10-16(20(18,2)3)11-19(14)22-12-15-4-6-17(7-5-15)23-9-8-21-13-23/h4-9,13-14,16,18-19,22H,10-12H2,1-3H3/t14-,16+,18-,19-/m0/s1. The van der Waals surface area contributed by atoms with Crippen LogP contribution in [0.15, 0.2) is 43.0 Å². The van der Waals surface area contributed by atoms with E-state index >= 15 is 0 Å². The average molecular weight is 309 g/mol. The van der Waals surface area contributed by atoms with Gasteiger partial charge in [-0.25, -0.2) is 4.98 Å². The SMILES string of the molecule is C[C@@H]1[C@@H](NCc2ccc(-n3ccnc3)cc2)C[C@H]2C[C@@H]1C2(C)C. The van der Waals surface area contributed by atoms with E-state index in [1.165, 1.54) is 24.1 Å². The van der Waals surface area contributed by atoms with E-state index in [4.69, 9.17) is 0 Å². The fourth-order valence-electron chi connectivity index (χ4n) is 4.87. The fraction of sp³-hybridized carbons (Fsp3) is 0.550. The molecule has 3 nitrogen and oxygen atoms in total. The van der Waals surface area contributed by atoms with Crippen LogP contribution in [0.4, 0.5) is 0 Å². The summed E-state index contributed by atoms with van der Waals surface area (Å²) in [5.41, 5.74) is 3.10. The van der Waals surface area contributed by atoms with Gasteiger partial charge >= 0.3 is 0 Å². The molecule has 0 aliphatic heterocycles. The third kappa shape index (κ3) is 2.51. The first-order chi connectivity index (χ1) is 11.1. The summed E-state index contributed by atoms with van der Waals surface area (Å²) < 4.78 is 2.04. The minimum Gasteiger partial charge on any atom is -0.310 e. The third-order valence-corrected chi connectivity index (χ3v) is 6.66. The number of nitrogens with zero attached hydrogens (tertiary/aromatic N) is 2. The highest BCUT2D eigenvalue weighted by Crippen LogP contribution is 2.61. The second kappa shape index (κ2) is 5.48. The van der Waals surface area contributed by atoms with Crippen molar-refractivity contribution < 1.29 is 0 Å². The molecule has 1 aromatic heterocycles. The van der Waals surface area contributed by atoms with Crippen molar-refractivity contribution in [3.05, 3.63) is 48.5 Å². The molecule has 3 saturated carbocycles. The van der Waals surface area contributed by atoms with Gasteiger partial charge in [-0.15, -0.1) is 0 Å². The highest BCUT2D eigenvalue weighted by Gasteiger charge is 2.55. The number of fused-ring (bicyclic) bond motifs is 2. The molecule has 23 heavy (non-hydrogen) atoms. The Labute approximate surface area is 139 Å². The van der Waals surface area contributed by atoms with Gasteiger partial charge in [0.15, 0.2) is 0 Å². The molecular formula is C20H27N3. The van der Waals surface area contributed by atoms with E-state index < -0.39 is 0 Å². The molecule has 3 aliphatic rings. The van der Waals surface area contributed by atoms with Crippen LogP contribution in [0.25, 0.3) is 5.69 Å². The Bertz CT molecular complexity index is 657. The molecule has 0 saturated heterocycles. The number of imidazole rings is 1. The van der Waals surface area contributed by atoms with Gasteiger partial charge in [0.2, 0.25) is 0 Å². The largest absolute Gasteiger partial charge is 0.310 e. The van der Waals surface area contributed by atoms with Crippen LogP contribution in [0.5, 0.6) is 0 Å². The molecule has 1 N–H and O–H groups in total. The zero-order valence-electron chi connectivity index (χ0n) is 14.4. The third-order valence-electron chi connectivity index (χ3n) is 6.66. The minimum atomic E-state index is 0.573. The summed E-state index contributed by atoms with van der Waals surface area (Å²) in [5.74, 6) is 2.62. The Morgan fingerprint density at radius 2 is 2.00 bits per heavy atom. The Balaban J connectivity index is 1.37. The maximum Gasteiger partial charge on any atom is 0.0991 e. The predicted molar refractivity (Wildman–Crippen MR) is 93.4 cm³/mol. The molecule has 4 atom stereocenters. The molecule has 3 fully saturated rings. The molecule has 2 aromatic rings. The van der Waals surface area contributed by atoms with Gasteiger partial charge in [0.05, 0.1) is 6.33 Å². The van der Waals surface area contributed by atoms with E-state index in [2.05, 4.69) is 55.3 Å². The van der Waals surface area contributed by atoms with Crippen molar-refractivity contribution in [1.82, 2.24) is 14.9 Å². The van der Waals surface area contributed by atoms with Gasteiger partial charge in [0.1, 0.15) is 0 Å². The van der Waals surface area contributed by atoms with Crippen LogP contribution in [-0.4, -0.2) is 15.6 Å². The van der Waals surface area contributed by atoms with Gasteiger partial charge in [-0.2, -0.15) is 0 Å². The van der Waals surface area contributed by atoms with Crippen LogP contribution in [0.2, 0.25) is 0 Å². The van der Waals surface area contributed by atoms with Crippen molar-refractivity contribution in [2.45, 2.75) is 46.2 Å². The first-order valence-corrected chi connectivity index (χ1v) is 8.86. The van der Waals surface area contributed by atoms with Crippen molar-refractivity contribution in [1.29, 1.82) is 0 Å². The highest BCUT2D eigenvalue weighted by atomic mass is 15.0. The first-order valence-electron chi connectivity index (χ1n) is 8.86. The van der Waals surface area contributed by atoms with Gasteiger partial charge in [-0.05, 0) is 53.7 Å². The second-order valence-corrected chi connectivity index (χ2v) is 8.08. The van der Waals surface area contributed by atoms with Crippen LogP contribution in [-0.2, 0) is 6.54 Å². The van der Waals surface area contributed by atoms with Gasteiger partial charge in [-0.3, -0.25) is 0 Å². The van der Waals surface area contributed by atoms with Crippen molar-refractivity contribution in [3.8, 4) is 5.69 Å². The lowest BCUT2D eigenvalue weighted by Gasteiger charge is -2.62. The van der Waals surface area contributed by atoms with Crippen LogP contribution in [0.3, 0.4) is 0 Å². The van der Waals surface area contributed by atoms with E-state index in [0.717, 1.165) is 24.3 Å². The van der Waals surface area contributed by atoms with Crippen LogP contribution in [0, 0.1) is 23.2 Å². The minimum absolute atomic E-state index is 0.573. The van der Waals surface area contributed by atoms with Crippen LogP contribution >= 0.6 is 0 Å². The summed E-state index contributed by atoms with van der Waals surface area (Å²) in [7, 11) is 0. The molecule has 2 bridgehead atoms. The quantitative estimate of drug-likeness (QED) is 0.924. The van der Waals surface area contributed by atoms with E-state index in [1.807, 2.05) is 23.3 Å². The number of benzene rings is 1. The molecule has 3 aliphatic carbocycles. The topological polar surface area (TPSA) is 29.9 Å². The van der Waals surface area contributed by atoms with Gasteiger partial charge in [-0.1, -0.05) is 32.9 Å². The van der Waals surface area contributed by atoms with Gasteiger partial charge in [0.25, 0.3) is 0 Å². The molecule has 5 rings (SSSR count). The van der Waals surface area contributed by atoms with Crippen molar-refractivity contribution >= 4 is 0 Å². The summed E-state index contributed by atoms with van der Waals surface area (Å²) in [6.07, 6.45) is 8.42. The zero-order valence-corrected chi connectivity index (χ0v) is 14.4. The van der Waals surface area contributed by atoms with Crippen molar-refractivity contribution in [3.63, 3.8) is 0 Å². The Hall–Kier alpha value is -1.61. The van der Waals surface area contributed by atoms with E-state index in [9.17, 15) is 0 Å².